The van der Waals surface area contributed by atoms with Crippen molar-refractivity contribution in [2.24, 2.45) is 0 Å². The van der Waals surface area contributed by atoms with Gasteiger partial charge in [0.15, 0.2) is 0 Å². The summed E-state index contributed by atoms with van der Waals surface area (Å²) >= 11 is 3.66. The van der Waals surface area contributed by atoms with E-state index in [0.717, 1.165) is 17.9 Å². The van der Waals surface area contributed by atoms with Crippen molar-refractivity contribution in [3.63, 3.8) is 0 Å². The van der Waals surface area contributed by atoms with Crippen LogP contribution in [0.15, 0.2) is 40.6 Å². The minimum atomic E-state index is 0.929. The fourth-order valence-corrected chi connectivity index (χ4v) is 3.37. The van der Waals surface area contributed by atoms with Gasteiger partial charge < -0.3 is 5.73 Å². The van der Waals surface area contributed by atoms with E-state index in [1.165, 1.54) is 15.3 Å². The summed E-state index contributed by atoms with van der Waals surface area (Å²) in [7, 11) is 0. The lowest BCUT2D eigenvalue weighted by atomic mass is 10.2. The van der Waals surface area contributed by atoms with E-state index in [1.807, 2.05) is 23.1 Å². The van der Waals surface area contributed by atoms with Gasteiger partial charge in [0, 0.05) is 21.2 Å². The van der Waals surface area contributed by atoms with Crippen molar-refractivity contribution in [2.75, 3.05) is 11.5 Å². The molecule has 2 N–H and O–H groups in total. The largest absolute Gasteiger partial charge is 0.398 e. The smallest absolute Gasteiger partial charge is 0.0481 e. The van der Waals surface area contributed by atoms with Gasteiger partial charge in [-0.3, -0.25) is 0 Å². The molecule has 1 aromatic carbocycles. The molecule has 0 amide bonds. The van der Waals surface area contributed by atoms with E-state index in [-0.39, 0.29) is 0 Å². The Balaban J connectivity index is 1.92. The monoisotopic (exact) mass is 249 g/mol. The molecule has 0 atom stereocenters. The first kappa shape index (κ1) is 11.6. The van der Waals surface area contributed by atoms with Crippen molar-refractivity contribution < 1.29 is 0 Å². The summed E-state index contributed by atoms with van der Waals surface area (Å²) in [6, 6.07) is 10.5. The predicted octanol–water partition coefficient (Wildman–Crippen LogP) is 3.97. The Morgan fingerprint density at radius 2 is 2.12 bits per heavy atom. The third kappa shape index (κ3) is 2.80. The van der Waals surface area contributed by atoms with Crippen molar-refractivity contribution in [2.45, 2.75) is 18.2 Å². The average molecular weight is 249 g/mol. The van der Waals surface area contributed by atoms with Gasteiger partial charge >= 0.3 is 0 Å². The zero-order chi connectivity index (χ0) is 11.4. The fraction of sp³-hybridized carbons (Fsp3) is 0.231. The highest BCUT2D eigenvalue weighted by Crippen LogP contribution is 2.28. The molecule has 0 saturated heterocycles. The van der Waals surface area contributed by atoms with Crippen LogP contribution in [-0.2, 0) is 6.42 Å². The van der Waals surface area contributed by atoms with Gasteiger partial charge in [0.2, 0.25) is 0 Å². The summed E-state index contributed by atoms with van der Waals surface area (Å²) in [4.78, 5) is 2.65. The first-order chi connectivity index (χ1) is 7.77. The Labute approximate surface area is 105 Å². The maximum absolute atomic E-state index is 6.02. The number of nitrogens with two attached hydrogens (primary N) is 1. The number of hydrogen-bond acceptors (Lipinski definition) is 3. The fourth-order valence-electron chi connectivity index (χ4n) is 1.50. The molecule has 0 unspecified atom stereocenters. The van der Waals surface area contributed by atoms with Gasteiger partial charge in [-0.2, -0.15) is 0 Å². The molecule has 1 nitrogen and oxygen atoms in total. The second kappa shape index (κ2) is 5.41. The first-order valence-electron chi connectivity index (χ1n) is 5.27. The predicted molar refractivity (Wildman–Crippen MR) is 74.3 cm³/mol. The van der Waals surface area contributed by atoms with Gasteiger partial charge in [0.25, 0.3) is 0 Å². The molecule has 0 aliphatic rings. The number of para-hydroxylation sites is 1. The molecule has 2 rings (SSSR count). The van der Waals surface area contributed by atoms with Crippen LogP contribution < -0.4 is 5.73 Å². The molecule has 84 valence electrons. The second-order valence-electron chi connectivity index (χ2n) is 3.66. The normalized spacial score (nSPS) is 10.6. The van der Waals surface area contributed by atoms with Crippen LogP contribution in [0.4, 0.5) is 5.69 Å². The molecule has 0 bridgehead atoms. The van der Waals surface area contributed by atoms with E-state index in [0.29, 0.717) is 0 Å². The number of benzene rings is 1. The number of anilines is 1. The molecule has 1 heterocycles. The lowest BCUT2D eigenvalue weighted by Crippen LogP contribution is -1.93. The lowest BCUT2D eigenvalue weighted by molar-refractivity contribution is 1.20. The second-order valence-corrected chi connectivity index (χ2v) is 5.83. The Morgan fingerprint density at radius 1 is 1.25 bits per heavy atom. The zero-order valence-electron chi connectivity index (χ0n) is 9.27. The molecular formula is C13H15NS2. The molecule has 0 aliphatic heterocycles. The minimum absolute atomic E-state index is 0.929. The number of aryl methyl sites for hydroxylation is 2. The van der Waals surface area contributed by atoms with Crippen molar-refractivity contribution in [3.8, 4) is 0 Å². The van der Waals surface area contributed by atoms with Gasteiger partial charge in [-0.15, -0.1) is 23.1 Å². The van der Waals surface area contributed by atoms with E-state index in [9.17, 15) is 0 Å². The number of rotatable bonds is 4. The van der Waals surface area contributed by atoms with Crippen LogP contribution in [0.2, 0.25) is 0 Å². The van der Waals surface area contributed by atoms with Crippen LogP contribution in [-0.4, -0.2) is 5.75 Å². The van der Waals surface area contributed by atoms with E-state index in [1.54, 1.807) is 0 Å². The average Bonchev–Trinajstić information content (AvgIpc) is 2.77. The molecule has 16 heavy (non-hydrogen) atoms. The van der Waals surface area contributed by atoms with Crippen LogP contribution in [0.5, 0.6) is 0 Å². The third-order valence-electron chi connectivity index (χ3n) is 2.47. The first-order valence-corrected chi connectivity index (χ1v) is 7.14. The molecule has 0 fully saturated rings. The van der Waals surface area contributed by atoms with E-state index >= 15 is 0 Å². The molecule has 2 aromatic rings. The van der Waals surface area contributed by atoms with Crippen molar-refractivity contribution in [1.82, 2.24) is 0 Å². The molecule has 0 aliphatic carbocycles. The molecule has 1 aromatic heterocycles. The highest BCUT2D eigenvalue weighted by Gasteiger charge is 2.02. The Kier molecular flexibility index (Phi) is 3.91. The summed E-state index contributed by atoms with van der Waals surface area (Å²) in [5, 5.41) is 2.13. The van der Waals surface area contributed by atoms with Crippen LogP contribution in [0.25, 0.3) is 0 Å². The summed E-state index contributed by atoms with van der Waals surface area (Å²) in [5.41, 5.74) is 8.12. The van der Waals surface area contributed by atoms with E-state index in [4.69, 9.17) is 5.73 Å². The van der Waals surface area contributed by atoms with Gasteiger partial charge in [0.05, 0.1) is 0 Å². The SMILES string of the molecule is Cc1cccc(SCCc2cccs2)c1N. The highest BCUT2D eigenvalue weighted by molar-refractivity contribution is 7.99. The summed E-state index contributed by atoms with van der Waals surface area (Å²) in [5.74, 6) is 1.09. The summed E-state index contributed by atoms with van der Waals surface area (Å²) < 4.78 is 0. The van der Waals surface area contributed by atoms with E-state index in [2.05, 4.69) is 42.6 Å². The lowest BCUT2D eigenvalue weighted by Gasteiger charge is -2.07. The maximum Gasteiger partial charge on any atom is 0.0481 e. The zero-order valence-corrected chi connectivity index (χ0v) is 10.9. The maximum atomic E-state index is 6.02. The number of thioether (sulfide) groups is 1. The molecule has 0 radical (unpaired) electrons. The van der Waals surface area contributed by atoms with Crippen LogP contribution in [0, 0.1) is 6.92 Å². The number of hydrogen-bond donors (Lipinski definition) is 1. The standard InChI is InChI=1S/C13H15NS2/c1-10-4-2-6-12(13(10)14)16-9-7-11-5-3-8-15-11/h2-6,8H,7,9,14H2,1H3. The van der Waals surface area contributed by atoms with Gasteiger partial charge in [-0.25, -0.2) is 0 Å². The minimum Gasteiger partial charge on any atom is -0.398 e. The molecule has 3 heteroatoms. The number of nitrogen functional groups attached to an aromatic ring is 1. The van der Waals surface area contributed by atoms with Gasteiger partial charge in [0.1, 0.15) is 0 Å². The summed E-state index contributed by atoms with van der Waals surface area (Å²) in [6.45, 7) is 2.05. The Morgan fingerprint density at radius 3 is 2.88 bits per heavy atom. The number of thiophene rings is 1. The van der Waals surface area contributed by atoms with Gasteiger partial charge in [-0.05, 0) is 36.4 Å². The van der Waals surface area contributed by atoms with Crippen molar-refractivity contribution in [1.29, 1.82) is 0 Å². The molecule has 0 saturated carbocycles. The highest BCUT2D eigenvalue weighted by atomic mass is 32.2. The van der Waals surface area contributed by atoms with Crippen LogP contribution >= 0.6 is 23.1 Å². The molecular weight excluding hydrogens is 234 g/mol. The Bertz CT molecular complexity index is 449. The topological polar surface area (TPSA) is 26.0 Å². The third-order valence-corrected chi connectivity index (χ3v) is 4.48. The van der Waals surface area contributed by atoms with E-state index < -0.39 is 0 Å². The van der Waals surface area contributed by atoms with Crippen molar-refractivity contribution in [3.05, 3.63) is 46.2 Å². The van der Waals surface area contributed by atoms with Crippen molar-refractivity contribution >= 4 is 28.8 Å². The quantitative estimate of drug-likeness (QED) is 0.655. The molecule has 0 spiro atoms. The van der Waals surface area contributed by atoms with Crippen LogP contribution in [0.1, 0.15) is 10.4 Å². The Hall–Kier alpha value is -0.930. The van der Waals surface area contributed by atoms with Gasteiger partial charge in [-0.1, -0.05) is 18.2 Å². The summed E-state index contributed by atoms with van der Waals surface area (Å²) in [6.07, 6.45) is 1.12. The van der Waals surface area contributed by atoms with Crippen LogP contribution in [0.3, 0.4) is 0 Å².